The van der Waals surface area contributed by atoms with Crippen LogP contribution in [0.5, 0.6) is 5.75 Å². The molecule has 0 radical (unpaired) electrons. The average Bonchev–Trinajstić information content (AvgIpc) is 3.06. The van der Waals surface area contributed by atoms with Gasteiger partial charge in [0, 0.05) is 35.7 Å². The summed E-state index contributed by atoms with van der Waals surface area (Å²) in [5.74, 6) is -2.06. The van der Waals surface area contributed by atoms with Gasteiger partial charge in [-0.15, -0.1) is 0 Å². The number of hydrogen-bond donors (Lipinski definition) is 2. The molecular formula is C24H24BrClN2O5. The molecule has 4 rings (SSSR count). The monoisotopic (exact) mass is 534 g/mol. The normalized spacial score (nSPS) is 21.0. The van der Waals surface area contributed by atoms with Crippen molar-refractivity contribution in [1.29, 1.82) is 0 Å². The molecular weight excluding hydrogens is 512 g/mol. The predicted molar refractivity (Wildman–Crippen MR) is 128 cm³/mol. The maximum Gasteiger partial charge on any atom is 0.295 e. The fourth-order valence-corrected chi connectivity index (χ4v) is 4.72. The summed E-state index contributed by atoms with van der Waals surface area (Å²) in [5.41, 5.74) is 0.678. The van der Waals surface area contributed by atoms with E-state index in [1.54, 1.807) is 30.3 Å². The quantitative estimate of drug-likeness (QED) is 0.331. The van der Waals surface area contributed by atoms with Gasteiger partial charge in [-0.2, -0.15) is 0 Å². The maximum atomic E-state index is 13.1. The van der Waals surface area contributed by atoms with Crippen LogP contribution in [-0.2, 0) is 14.3 Å². The molecule has 2 aromatic rings. The first kappa shape index (κ1) is 23.8. The Labute approximate surface area is 205 Å². The molecule has 174 valence electrons. The van der Waals surface area contributed by atoms with E-state index >= 15 is 0 Å². The third-order valence-corrected chi connectivity index (χ3v) is 6.66. The minimum Gasteiger partial charge on any atom is -0.507 e. The highest BCUT2D eigenvalue weighted by Crippen LogP contribution is 2.41. The number of likely N-dealkylation sites (tertiary alicyclic amines) is 1. The molecule has 0 saturated carbocycles. The van der Waals surface area contributed by atoms with E-state index in [2.05, 4.69) is 20.8 Å². The van der Waals surface area contributed by atoms with E-state index in [4.69, 9.17) is 16.3 Å². The van der Waals surface area contributed by atoms with Gasteiger partial charge in [-0.25, -0.2) is 0 Å². The molecule has 2 N–H and O–H groups in total. The number of amides is 1. The summed E-state index contributed by atoms with van der Waals surface area (Å²) in [6.07, 6.45) is 0.666. The van der Waals surface area contributed by atoms with Gasteiger partial charge < -0.3 is 19.8 Å². The van der Waals surface area contributed by atoms with Gasteiger partial charge in [-0.05, 0) is 42.3 Å². The van der Waals surface area contributed by atoms with Crippen molar-refractivity contribution < 1.29 is 24.5 Å². The first-order valence-electron chi connectivity index (χ1n) is 10.7. The van der Waals surface area contributed by atoms with Crippen molar-refractivity contribution in [3.05, 3.63) is 68.7 Å². The molecule has 2 heterocycles. The largest absolute Gasteiger partial charge is 0.507 e. The Bertz CT molecular complexity index is 1080. The van der Waals surface area contributed by atoms with Gasteiger partial charge in [0.05, 0.1) is 30.4 Å². The first-order chi connectivity index (χ1) is 15.9. The number of ether oxygens (including phenoxy) is 1. The van der Waals surface area contributed by atoms with Crippen molar-refractivity contribution in [2.45, 2.75) is 12.5 Å². The van der Waals surface area contributed by atoms with E-state index in [1.165, 1.54) is 17.0 Å². The Morgan fingerprint density at radius 2 is 1.79 bits per heavy atom. The molecule has 1 atom stereocenters. The number of morpholine rings is 1. The first-order valence-corrected chi connectivity index (χ1v) is 11.9. The molecule has 2 aromatic carbocycles. The van der Waals surface area contributed by atoms with Crippen LogP contribution in [0.4, 0.5) is 0 Å². The van der Waals surface area contributed by atoms with Crippen molar-refractivity contribution in [2.24, 2.45) is 0 Å². The van der Waals surface area contributed by atoms with E-state index < -0.39 is 23.5 Å². The smallest absolute Gasteiger partial charge is 0.295 e. The lowest BCUT2D eigenvalue weighted by atomic mass is 9.95. The molecule has 33 heavy (non-hydrogen) atoms. The van der Waals surface area contributed by atoms with E-state index in [1.807, 2.05) is 0 Å². The zero-order valence-electron chi connectivity index (χ0n) is 17.8. The Morgan fingerprint density at radius 3 is 2.48 bits per heavy atom. The van der Waals surface area contributed by atoms with Crippen molar-refractivity contribution in [3.63, 3.8) is 0 Å². The van der Waals surface area contributed by atoms with Gasteiger partial charge in [0.25, 0.3) is 11.7 Å². The lowest BCUT2D eigenvalue weighted by Gasteiger charge is -2.29. The molecule has 0 aromatic heterocycles. The van der Waals surface area contributed by atoms with Crippen LogP contribution in [0, 0.1) is 0 Å². The number of nitrogens with zero attached hydrogens (tertiary/aromatic N) is 2. The Balaban J connectivity index is 1.70. The summed E-state index contributed by atoms with van der Waals surface area (Å²) in [6.45, 7) is 4.16. The van der Waals surface area contributed by atoms with Crippen LogP contribution < -0.4 is 0 Å². The summed E-state index contributed by atoms with van der Waals surface area (Å²) >= 11 is 9.37. The van der Waals surface area contributed by atoms with Gasteiger partial charge >= 0.3 is 0 Å². The van der Waals surface area contributed by atoms with Crippen molar-refractivity contribution in [2.75, 3.05) is 39.4 Å². The lowest BCUT2D eigenvalue weighted by molar-refractivity contribution is -0.140. The Hall–Kier alpha value is -2.39. The molecule has 0 aliphatic carbocycles. The molecule has 2 aliphatic heterocycles. The van der Waals surface area contributed by atoms with E-state index in [-0.39, 0.29) is 16.9 Å². The topological polar surface area (TPSA) is 90.3 Å². The third kappa shape index (κ3) is 5.09. The minimum atomic E-state index is -0.787. The van der Waals surface area contributed by atoms with Crippen molar-refractivity contribution in [1.82, 2.24) is 9.80 Å². The van der Waals surface area contributed by atoms with E-state index in [9.17, 15) is 19.8 Å². The summed E-state index contributed by atoms with van der Waals surface area (Å²) < 4.78 is 5.99. The highest BCUT2D eigenvalue weighted by atomic mass is 79.9. The number of aliphatic hydroxyl groups is 1. The zero-order valence-corrected chi connectivity index (χ0v) is 20.2. The fourth-order valence-electron chi connectivity index (χ4n) is 4.23. The lowest BCUT2D eigenvalue weighted by Crippen LogP contribution is -2.38. The van der Waals surface area contributed by atoms with Crippen LogP contribution in [0.25, 0.3) is 5.76 Å². The number of phenols is 1. The van der Waals surface area contributed by atoms with Gasteiger partial charge in [0.1, 0.15) is 11.5 Å². The number of rotatable bonds is 6. The molecule has 2 fully saturated rings. The number of phenolic OH excluding ortho intramolecular Hbond substituents is 1. The summed E-state index contributed by atoms with van der Waals surface area (Å²) in [4.78, 5) is 29.9. The standard InChI is InChI=1S/C24H24BrClN2O5/c25-16-4-7-19(29)18(14-16)22(30)20-21(15-2-5-17(26)6-3-15)28(24(32)23(20)31)9-1-8-27-10-12-33-13-11-27/h2-7,14,21,29-30H,1,8-13H2/t21-/m0/s1. The van der Waals surface area contributed by atoms with Crippen LogP contribution in [0.1, 0.15) is 23.6 Å². The number of hydrogen-bond acceptors (Lipinski definition) is 6. The number of aromatic hydroxyl groups is 1. The van der Waals surface area contributed by atoms with Crippen LogP contribution >= 0.6 is 27.5 Å². The van der Waals surface area contributed by atoms with Crippen molar-refractivity contribution >= 4 is 45.0 Å². The Morgan fingerprint density at radius 1 is 1.09 bits per heavy atom. The highest BCUT2D eigenvalue weighted by Gasteiger charge is 2.46. The maximum absolute atomic E-state index is 13.1. The second-order valence-corrected chi connectivity index (χ2v) is 9.37. The molecule has 0 unspecified atom stereocenters. The van der Waals surface area contributed by atoms with Gasteiger partial charge in [0.15, 0.2) is 0 Å². The second kappa shape index (κ2) is 10.3. The highest BCUT2D eigenvalue weighted by molar-refractivity contribution is 9.10. The average molecular weight is 536 g/mol. The molecule has 0 spiro atoms. The van der Waals surface area contributed by atoms with Crippen LogP contribution in [0.15, 0.2) is 52.5 Å². The van der Waals surface area contributed by atoms with Gasteiger partial charge in [0.2, 0.25) is 0 Å². The molecule has 1 amide bonds. The molecule has 2 saturated heterocycles. The number of Topliss-reactive ketones (excluding diaryl/α,β-unsaturated/α-hetero) is 1. The summed E-state index contributed by atoms with van der Waals surface area (Å²) in [5, 5.41) is 21.9. The zero-order chi connectivity index (χ0) is 23.5. The number of ketones is 1. The number of halogens is 2. The third-order valence-electron chi connectivity index (χ3n) is 5.92. The molecule has 7 nitrogen and oxygen atoms in total. The van der Waals surface area contributed by atoms with Gasteiger partial charge in [-0.3, -0.25) is 14.5 Å². The van der Waals surface area contributed by atoms with Crippen LogP contribution in [-0.4, -0.2) is 71.1 Å². The number of carbonyl (C=O) groups excluding carboxylic acids is 2. The molecule has 2 aliphatic rings. The van der Waals surface area contributed by atoms with Crippen LogP contribution in [0.3, 0.4) is 0 Å². The SMILES string of the molecule is O=C1C(=O)N(CCCN2CCOCC2)[C@@H](c2ccc(Cl)cc2)C1=C(O)c1cc(Br)ccc1O. The number of benzene rings is 2. The van der Waals surface area contributed by atoms with Crippen LogP contribution in [0.2, 0.25) is 5.02 Å². The number of carbonyl (C=O) groups is 2. The molecule has 0 bridgehead atoms. The van der Waals surface area contributed by atoms with E-state index in [0.717, 1.165) is 19.6 Å². The molecule has 9 heteroatoms. The predicted octanol–water partition coefficient (Wildman–Crippen LogP) is 3.95. The summed E-state index contributed by atoms with van der Waals surface area (Å²) in [6, 6.07) is 10.6. The summed E-state index contributed by atoms with van der Waals surface area (Å²) in [7, 11) is 0. The number of aliphatic hydroxyl groups excluding tert-OH is 1. The fraction of sp³-hybridized carbons (Fsp3) is 0.333. The minimum absolute atomic E-state index is 0.0536. The van der Waals surface area contributed by atoms with Gasteiger partial charge in [-0.1, -0.05) is 39.7 Å². The van der Waals surface area contributed by atoms with Crippen molar-refractivity contribution in [3.8, 4) is 5.75 Å². The Kier molecular flexibility index (Phi) is 7.38. The second-order valence-electron chi connectivity index (χ2n) is 8.01. The van der Waals surface area contributed by atoms with E-state index in [0.29, 0.717) is 41.2 Å².